The molecule has 1 amide bonds. The lowest BCUT2D eigenvalue weighted by molar-refractivity contribution is -0.123. The van der Waals surface area contributed by atoms with E-state index in [2.05, 4.69) is 39.1 Å². The number of unbranched alkanes of at least 4 members (excludes halogenated alkanes) is 15. The molecule has 0 spiro atoms. The molecule has 1 fully saturated rings. The van der Waals surface area contributed by atoms with Crippen molar-refractivity contribution in [3.05, 3.63) is 12.2 Å². The molecular weight excluding hydrogens is 518 g/mol. The van der Waals surface area contributed by atoms with Gasteiger partial charge >= 0.3 is 0 Å². The third-order valence-electron chi connectivity index (χ3n) is 7.99. The maximum atomic E-state index is 12.5. The molecule has 0 bridgehead atoms. The molecule has 1 aliphatic heterocycles. The van der Waals surface area contributed by atoms with E-state index in [9.17, 15) is 14.1 Å². The number of carbonyl (C=O) groups excluding carboxylic acids is 1. The van der Waals surface area contributed by atoms with Crippen molar-refractivity contribution < 1.29 is 18.3 Å². The largest absolute Gasteiger partial charge is 0.393 e. The molecule has 0 unspecified atom stereocenters. The maximum absolute atomic E-state index is 12.5. The Labute approximate surface area is 250 Å². The summed E-state index contributed by atoms with van der Waals surface area (Å²) in [6, 6.07) is -0.284. The second kappa shape index (κ2) is 24.8. The van der Waals surface area contributed by atoms with Gasteiger partial charge in [0.1, 0.15) is 6.10 Å². The van der Waals surface area contributed by atoms with E-state index in [1.165, 1.54) is 96.3 Å². The Morgan fingerprint density at radius 3 is 1.73 bits per heavy atom. The molecule has 1 heterocycles. The van der Waals surface area contributed by atoms with Gasteiger partial charge in [-0.3, -0.25) is 8.98 Å². The van der Waals surface area contributed by atoms with E-state index >= 15 is 0 Å². The molecule has 0 aromatic heterocycles. The van der Waals surface area contributed by atoms with Crippen molar-refractivity contribution in [1.82, 2.24) is 5.32 Å². The van der Waals surface area contributed by atoms with Crippen molar-refractivity contribution in [2.24, 2.45) is 11.8 Å². The van der Waals surface area contributed by atoms with Crippen LogP contribution >= 0.6 is 0 Å². The van der Waals surface area contributed by atoms with E-state index in [1.54, 1.807) is 0 Å². The molecule has 236 valence electrons. The summed E-state index contributed by atoms with van der Waals surface area (Å²) in [6.45, 7) is 9.18. The average molecular weight is 584 g/mol. The number of aliphatic hydroxyl groups is 1. The van der Waals surface area contributed by atoms with Crippen LogP contribution in [0.5, 0.6) is 0 Å². The van der Waals surface area contributed by atoms with Gasteiger partial charge in [0.2, 0.25) is 5.91 Å². The number of aliphatic hydroxyl groups excluding tert-OH is 1. The molecule has 0 aromatic carbocycles. The van der Waals surface area contributed by atoms with Gasteiger partial charge < -0.3 is 10.4 Å². The number of amides is 1. The Kier molecular flexibility index (Phi) is 23.2. The van der Waals surface area contributed by atoms with E-state index in [0.29, 0.717) is 12.2 Å². The number of nitrogens with one attached hydrogen (secondary N) is 1. The third-order valence-corrected chi connectivity index (χ3v) is 9.06. The van der Waals surface area contributed by atoms with E-state index in [0.717, 1.165) is 37.5 Å². The number of allylic oxidation sites excluding steroid dienone is 1. The van der Waals surface area contributed by atoms with Crippen LogP contribution in [0.15, 0.2) is 12.2 Å². The van der Waals surface area contributed by atoms with Gasteiger partial charge in [-0.1, -0.05) is 149 Å². The predicted octanol–water partition coefficient (Wildman–Crippen LogP) is 8.95. The fourth-order valence-electron chi connectivity index (χ4n) is 5.44. The van der Waals surface area contributed by atoms with Crippen LogP contribution in [0.25, 0.3) is 0 Å². The first-order valence-electron chi connectivity index (χ1n) is 17.0. The normalized spacial score (nSPS) is 20.2. The molecule has 0 aromatic rings. The van der Waals surface area contributed by atoms with Gasteiger partial charge in [0.05, 0.1) is 24.3 Å². The van der Waals surface area contributed by atoms with Crippen molar-refractivity contribution in [3.8, 4) is 0 Å². The van der Waals surface area contributed by atoms with Crippen molar-refractivity contribution >= 4 is 17.0 Å². The summed E-state index contributed by atoms with van der Waals surface area (Å²) >= 11 is -1.37. The van der Waals surface area contributed by atoms with Crippen LogP contribution in [-0.4, -0.2) is 39.2 Å². The van der Waals surface area contributed by atoms with Gasteiger partial charge in [-0.2, -0.15) is 0 Å². The van der Waals surface area contributed by atoms with Crippen LogP contribution in [-0.2, 0) is 20.1 Å². The topological polar surface area (TPSA) is 75.6 Å². The van der Waals surface area contributed by atoms with E-state index in [1.807, 2.05) is 6.08 Å². The molecule has 4 atom stereocenters. The second-order valence-corrected chi connectivity index (χ2v) is 14.2. The van der Waals surface area contributed by atoms with Crippen LogP contribution in [0.3, 0.4) is 0 Å². The first-order chi connectivity index (χ1) is 19.3. The molecule has 6 heteroatoms. The van der Waals surface area contributed by atoms with Crippen molar-refractivity contribution in [2.45, 2.75) is 181 Å². The number of carbonyl (C=O) groups is 1. The van der Waals surface area contributed by atoms with E-state index < -0.39 is 17.2 Å². The molecule has 0 saturated carbocycles. The fourth-order valence-corrected chi connectivity index (χ4v) is 6.53. The monoisotopic (exact) mass is 583 g/mol. The fraction of sp³-hybridized carbons (Fsp3) is 0.912. The molecule has 40 heavy (non-hydrogen) atoms. The van der Waals surface area contributed by atoms with Crippen LogP contribution in [0.2, 0.25) is 0 Å². The summed E-state index contributed by atoms with van der Waals surface area (Å²) in [6.07, 6.45) is 27.9. The molecule has 0 aliphatic carbocycles. The average Bonchev–Trinajstić information content (AvgIpc) is 3.23. The minimum absolute atomic E-state index is 0.105. The molecule has 5 nitrogen and oxygen atoms in total. The predicted molar refractivity (Wildman–Crippen MR) is 172 cm³/mol. The van der Waals surface area contributed by atoms with Crippen LogP contribution in [0, 0.1) is 11.8 Å². The summed E-state index contributed by atoms with van der Waals surface area (Å²) < 4.78 is 17.5. The first kappa shape index (κ1) is 37.3. The molecule has 1 aliphatic rings. The van der Waals surface area contributed by atoms with E-state index in [4.69, 9.17) is 4.18 Å². The van der Waals surface area contributed by atoms with Gasteiger partial charge in [-0.25, -0.2) is 4.21 Å². The summed E-state index contributed by atoms with van der Waals surface area (Å²) in [5, 5.41) is 13.3. The van der Waals surface area contributed by atoms with Gasteiger partial charge in [0.15, 0.2) is 11.1 Å². The Morgan fingerprint density at radius 1 is 0.775 bits per heavy atom. The highest BCUT2D eigenvalue weighted by molar-refractivity contribution is 7.80. The van der Waals surface area contributed by atoms with Crippen LogP contribution < -0.4 is 5.32 Å². The number of hydrogen-bond acceptors (Lipinski definition) is 4. The third kappa shape index (κ3) is 22.0. The van der Waals surface area contributed by atoms with Crippen LogP contribution in [0.4, 0.5) is 0 Å². The van der Waals surface area contributed by atoms with Crippen molar-refractivity contribution in [1.29, 1.82) is 0 Å². The molecular formula is C34H65NO4S. The lowest BCUT2D eigenvalue weighted by atomic mass is 10.0. The number of rotatable bonds is 26. The summed E-state index contributed by atoms with van der Waals surface area (Å²) in [4.78, 5) is 12.5. The minimum Gasteiger partial charge on any atom is -0.393 e. The Bertz CT molecular complexity index is 666. The highest BCUT2D eigenvalue weighted by atomic mass is 32.2. The van der Waals surface area contributed by atoms with E-state index in [-0.39, 0.29) is 24.5 Å². The van der Waals surface area contributed by atoms with Crippen molar-refractivity contribution in [2.75, 3.05) is 5.75 Å². The molecule has 2 N–H and O–H groups in total. The minimum atomic E-state index is -1.37. The number of hydrogen-bond donors (Lipinski definition) is 2. The highest BCUT2D eigenvalue weighted by Crippen LogP contribution is 2.18. The second-order valence-electron chi connectivity index (χ2n) is 13.1. The van der Waals surface area contributed by atoms with Gasteiger partial charge in [0, 0.05) is 0 Å². The smallest absolute Gasteiger partial charge is 0.222 e. The zero-order chi connectivity index (χ0) is 29.4. The summed E-state index contributed by atoms with van der Waals surface area (Å²) in [5.41, 5.74) is 0. The van der Waals surface area contributed by atoms with Crippen LogP contribution in [0.1, 0.15) is 163 Å². The Morgan fingerprint density at radius 2 is 1.23 bits per heavy atom. The quantitative estimate of drug-likeness (QED) is 0.0787. The molecule has 1 saturated heterocycles. The lowest BCUT2D eigenvalue weighted by Gasteiger charge is -2.17. The standard InChI is InChI=1S/C34H65NO4S/c1-29(2)23-19-15-11-7-5-9-13-17-21-25-31(36)27-34(37)35-32-28-40(38)39-33(32)26-22-18-14-10-6-8-12-16-20-24-30(3)4/h22,26,29-33,36H,5-21,23-25,27-28H2,1-4H3,(H,35,37)/b26-22+/t31-,32+,33-,40-/m1/s1. The van der Waals surface area contributed by atoms with Gasteiger partial charge in [-0.05, 0) is 31.1 Å². The summed E-state index contributed by atoms with van der Waals surface area (Å²) in [5.74, 6) is 1.78. The zero-order valence-electron chi connectivity index (χ0n) is 26.7. The van der Waals surface area contributed by atoms with Gasteiger partial charge in [-0.15, -0.1) is 0 Å². The SMILES string of the molecule is CC(C)CCCCCCCCC/C=C/[C@H]1O[S@@](=O)C[C@@H]1NC(=O)C[C@H](O)CCCCCCCCCCCC(C)C. The lowest BCUT2D eigenvalue weighted by Crippen LogP contribution is -2.42. The highest BCUT2D eigenvalue weighted by Gasteiger charge is 2.33. The maximum Gasteiger partial charge on any atom is 0.222 e. The van der Waals surface area contributed by atoms with Crippen molar-refractivity contribution in [3.63, 3.8) is 0 Å². The molecule has 1 rings (SSSR count). The first-order valence-corrected chi connectivity index (χ1v) is 18.2. The molecule has 0 radical (unpaired) electrons. The zero-order valence-corrected chi connectivity index (χ0v) is 27.5. The van der Waals surface area contributed by atoms with Gasteiger partial charge in [0.25, 0.3) is 0 Å². The summed E-state index contributed by atoms with van der Waals surface area (Å²) in [7, 11) is 0. The Hall–Kier alpha value is -0.720. The Balaban J connectivity index is 2.07.